The molecule has 2 heterocycles. The van der Waals surface area contributed by atoms with E-state index in [2.05, 4.69) is 56.2 Å². The molecule has 1 aromatic heterocycles. The van der Waals surface area contributed by atoms with Gasteiger partial charge in [-0.2, -0.15) is 5.10 Å². The molecule has 0 spiro atoms. The molecule has 0 saturated heterocycles. The van der Waals surface area contributed by atoms with Crippen molar-refractivity contribution in [3.8, 4) is 0 Å². The predicted octanol–water partition coefficient (Wildman–Crippen LogP) is 3.61. The number of fused-ring (bicyclic) bond motifs is 1. The Morgan fingerprint density at radius 1 is 1.42 bits per heavy atom. The van der Waals surface area contributed by atoms with E-state index in [4.69, 9.17) is 0 Å². The number of benzene rings is 1. The minimum atomic E-state index is 0.910. The van der Waals surface area contributed by atoms with Gasteiger partial charge in [0, 0.05) is 25.2 Å². The molecule has 1 aromatic carbocycles. The smallest absolute Gasteiger partial charge is 0.0635 e. The number of aryl methyl sites for hydroxylation is 2. The van der Waals surface area contributed by atoms with Gasteiger partial charge < -0.3 is 5.32 Å². The van der Waals surface area contributed by atoms with Gasteiger partial charge in [-0.3, -0.25) is 4.68 Å². The highest BCUT2D eigenvalue weighted by Gasteiger charge is 2.12. The van der Waals surface area contributed by atoms with Crippen LogP contribution in [-0.2, 0) is 19.4 Å². The van der Waals surface area contributed by atoms with Crippen LogP contribution in [0.4, 0.5) is 5.69 Å². The summed E-state index contributed by atoms with van der Waals surface area (Å²) in [5.74, 6) is 0. The number of halogens is 1. The van der Waals surface area contributed by atoms with Crippen molar-refractivity contribution >= 4 is 21.6 Å². The number of hydrogen-bond acceptors (Lipinski definition) is 2. The lowest BCUT2D eigenvalue weighted by Gasteiger charge is -2.18. The summed E-state index contributed by atoms with van der Waals surface area (Å²) < 4.78 is 3.16. The monoisotopic (exact) mass is 319 g/mol. The average Bonchev–Trinajstić information content (AvgIpc) is 2.79. The molecule has 0 unspecified atom stereocenters. The van der Waals surface area contributed by atoms with Crippen LogP contribution in [0.3, 0.4) is 0 Å². The van der Waals surface area contributed by atoms with Crippen LogP contribution in [0.1, 0.15) is 30.2 Å². The first-order valence-corrected chi connectivity index (χ1v) is 7.63. The molecule has 2 aromatic rings. The maximum atomic E-state index is 4.38. The number of nitrogens with zero attached hydrogens (tertiary/aromatic N) is 2. The Morgan fingerprint density at radius 3 is 3.16 bits per heavy atom. The van der Waals surface area contributed by atoms with Gasteiger partial charge in [0.2, 0.25) is 0 Å². The van der Waals surface area contributed by atoms with Crippen molar-refractivity contribution in [1.82, 2.24) is 9.78 Å². The first-order valence-electron chi connectivity index (χ1n) is 6.84. The summed E-state index contributed by atoms with van der Waals surface area (Å²) in [6.07, 6.45) is 5.23. The molecule has 4 heteroatoms. The van der Waals surface area contributed by atoms with Crippen molar-refractivity contribution < 1.29 is 0 Å². The summed E-state index contributed by atoms with van der Waals surface area (Å²) in [5, 5.41) is 7.83. The highest BCUT2D eigenvalue weighted by molar-refractivity contribution is 9.10. The van der Waals surface area contributed by atoms with Crippen molar-refractivity contribution in [1.29, 1.82) is 0 Å². The highest BCUT2D eigenvalue weighted by Crippen LogP contribution is 2.25. The van der Waals surface area contributed by atoms with E-state index in [0.29, 0.717) is 0 Å². The number of aromatic nitrogens is 2. The lowest BCUT2D eigenvalue weighted by molar-refractivity contribution is 0.629. The fourth-order valence-corrected chi connectivity index (χ4v) is 3.10. The Bertz CT molecular complexity index is 589. The van der Waals surface area contributed by atoms with Crippen LogP contribution in [0, 0.1) is 0 Å². The standard InChI is InChI=1S/C15H18BrN3/c1-2-19-15(13(16)10-18-19)9-11-5-6-14-12(8-11)4-3-7-17-14/h5-6,8,10,17H,2-4,7,9H2,1H3. The van der Waals surface area contributed by atoms with Crippen LogP contribution in [0.25, 0.3) is 0 Å². The lowest BCUT2D eigenvalue weighted by Crippen LogP contribution is -2.12. The molecule has 1 aliphatic rings. The number of rotatable bonds is 3. The zero-order valence-electron chi connectivity index (χ0n) is 11.1. The largest absolute Gasteiger partial charge is 0.385 e. The van der Waals surface area contributed by atoms with E-state index in [1.165, 1.54) is 35.3 Å². The molecule has 0 atom stereocenters. The molecule has 100 valence electrons. The van der Waals surface area contributed by atoms with Crippen LogP contribution in [0.2, 0.25) is 0 Å². The van der Waals surface area contributed by atoms with Crippen LogP contribution in [0.15, 0.2) is 28.9 Å². The molecule has 0 aliphatic carbocycles. The summed E-state index contributed by atoms with van der Waals surface area (Å²) in [5.41, 5.74) is 5.37. The Kier molecular flexibility index (Phi) is 3.60. The van der Waals surface area contributed by atoms with E-state index >= 15 is 0 Å². The third-order valence-electron chi connectivity index (χ3n) is 3.68. The second kappa shape index (κ2) is 5.37. The maximum absolute atomic E-state index is 4.38. The van der Waals surface area contributed by atoms with Gasteiger partial charge in [0.15, 0.2) is 0 Å². The Morgan fingerprint density at radius 2 is 2.32 bits per heavy atom. The van der Waals surface area contributed by atoms with Gasteiger partial charge >= 0.3 is 0 Å². The van der Waals surface area contributed by atoms with Gasteiger partial charge in [-0.05, 0) is 52.9 Å². The van der Waals surface area contributed by atoms with Crippen LogP contribution in [0.5, 0.6) is 0 Å². The van der Waals surface area contributed by atoms with Crippen molar-refractivity contribution in [2.75, 3.05) is 11.9 Å². The van der Waals surface area contributed by atoms with Crippen molar-refractivity contribution in [2.45, 2.75) is 32.7 Å². The molecule has 3 nitrogen and oxygen atoms in total. The normalized spacial score (nSPS) is 14.0. The SMILES string of the molecule is CCn1ncc(Br)c1Cc1ccc2c(c1)CCCN2. The second-order valence-electron chi connectivity index (χ2n) is 4.95. The van der Waals surface area contributed by atoms with Crippen molar-refractivity contribution in [3.63, 3.8) is 0 Å². The van der Waals surface area contributed by atoms with Gasteiger partial charge in [-0.15, -0.1) is 0 Å². The molecule has 0 fully saturated rings. The Hall–Kier alpha value is -1.29. The van der Waals surface area contributed by atoms with Gasteiger partial charge in [0.25, 0.3) is 0 Å². The number of nitrogens with one attached hydrogen (secondary N) is 1. The first kappa shape index (κ1) is 12.7. The minimum Gasteiger partial charge on any atom is -0.385 e. The van der Waals surface area contributed by atoms with Crippen molar-refractivity contribution in [2.24, 2.45) is 0 Å². The van der Waals surface area contributed by atoms with Gasteiger partial charge in [-0.1, -0.05) is 12.1 Å². The van der Waals surface area contributed by atoms with Gasteiger partial charge in [0.05, 0.1) is 16.4 Å². The van der Waals surface area contributed by atoms with Crippen LogP contribution < -0.4 is 5.32 Å². The van der Waals surface area contributed by atoms with Gasteiger partial charge in [0.1, 0.15) is 0 Å². The molecule has 0 bridgehead atoms. The summed E-state index contributed by atoms with van der Waals surface area (Å²) in [4.78, 5) is 0. The van der Waals surface area contributed by atoms with E-state index in [0.717, 1.165) is 24.0 Å². The molecule has 3 rings (SSSR count). The predicted molar refractivity (Wildman–Crippen MR) is 81.7 cm³/mol. The van der Waals surface area contributed by atoms with E-state index in [-0.39, 0.29) is 0 Å². The van der Waals surface area contributed by atoms with E-state index in [1.54, 1.807) is 0 Å². The van der Waals surface area contributed by atoms with Crippen molar-refractivity contribution in [3.05, 3.63) is 45.7 Å². The maximum Gasteiger partial charge on any atom is 0.0635 e. The second-order valence-corrected chi connectivity index (χ2v) is 5.81. The quantitative estimate of drug-likeness (QED) is 0.936. The number of anilines is 1. The van der Waals surface area contributed by atoms with Crippen LogP contribution in [-0.4, -0.2) is 16.3 Å². The topological polar surface area (TPSA) is 29.9 Å². The fourth-order valence-electron chi connectivity index (χ4n) is 2.67. The third kappa shape index (κ3) is 2.54. The molecule has 1 N–H and O–H groups in total. The van der Waals surface area contributed by atoms with Crippen LogP contribution >= 0.6 is 15.9 Å². The molecule has 1 aliphatic heterocycles. The summed E-state index contributed by atoms with van der Waals surface area (Å²) >= 11 is 3.59. The Labute approximate surface area is 122 Å². The molecular weight excluding hydrogens is 302 g/mol. The summed E-state index contributed by atoms with van der Waals surface area (Å²) in [6.45, 7) is 4.13. The molecule has 0 amide bonds. The zero-order valence-corrected chi connectivity index (χ0v) is 12.7. The zero-order chi connectivity index (χ0) is 13.2. The fraction of sp³-hybridized carbons (Fsp3) is 0.400. The molecule has 0 saturated carbocycles. The highest BCUT2D eigenvalue weighted by atomic mass is 79.9. The average molecular weight is 320 g/mol. The summed E-state index contributed by atoms with van der Waals surface area (Å²) in [6, 6.07) is 6.77. The van der Waals surface area contributed by atoms with Gasteiger partial charge in [-0.25, -0.2) is 0 Å². The molecule has 19 heavy (non-hydrogen) atoms. The van der Waals surface area contributed by atoms with E-state index in [9.17, 15) is 0 Å². The number of hydrogen-bond donors (Lipinski definition) is 1. The first-order chi connectivity index (χ1) is 9.28. The van der Waals surface area contributed by atoms with E-state index < -0.39 is 0 Å². The Balaban J connectivity index is 1.89. The molecular formula is C15H18BrN3. The minimum absolute atomic E-state index is 0.910. The lowest BCUT2D eigenvalue weighted by atomic mass is 9.99. The third-order valence-corrected chi connectivity index (χ3v) is 4.34. The summed E-state index contributed by atoms with van der Waals surface area (Å²) in [7, 11) is 0. The molecule has 0 radical (unpaired) electrons. The van der Waals surface area contributed by atoms with E-state index in [1.807, 2.05) is 6.20 Å².